The summed E-state index contributed by atoms with van der Waals surface area (Å²) < 4.78 is 0. The Morgan fingerprint density at radius 1 is 1.15 bits per heavy atom. The maximum absolute atomic E-state index is 11.5. The smallest absolute Gasteiger partial charge is 0.290 e. The molecule has 0 saturated carbocycles. The van der Waals surface area contributed by atoms with Gasteiger partial charge in [-0.2, -0.15) is 5.26 Å². The first-order valence-corrected chi connectivity index (χ1v) is 8.44. The van der Waals surface area contributed by atoms with Crippen LogP contribution < -0.4 is 5.32 Å². The molecule has 0 spiro atoms. The van der Waals surface area contributed by atoms with Crippen LogP contribution in [-0.2, 0) is 6.54 Å². The number of hydrogen-bond acceptors (Lipinski definition) is 4. The summed E-state index contributed by atoms with van der Waals surface area (Å²) in [5.74, 6) is -0.502. The van der Waals surface area contributed by atoms with Gasteiger partial charge < -0.3 is 5.32 Å². The standard InChI is InChI=1S/C20H16ClN3O2/c21-20(14-22)17(16-9-5-2-6-10-16)11-12-18(24(25)26)19(20)23-13-15-7-3-1-4-8-15/h1-12,17,23H,13H2. The Morgan fingerprint density at radius 2 is 1.77 bits per heavy atom. The Labute approximate surface area is 156 Å². The second kappa shape index (κ2) is 7.42. The van der Waals surface area contributed by atoms with E-state index >= 15 is 0 Å². The third kappa shape index (κ3) is 3.32. The van der Waals surface area contributed by atoms with Crippen molar-refractivity contribution in [3.63, 3.8) is 0 Å². The average molecular weight is 366 g/mol. The quantitative estimate of drug-likeness (QED) is 0.491. The van der Waals surface area contributed by atoms with E-state index in [0.29, 0.717) is 6.54 Å². The van der Waals surface area contributed by atoms with Gasteiger partial charge >= 0.3 is 0 Å². The molecule has 2 unspecified atom stereocenters. The molecule has 0 fully saturated rings. The van der Waals surface area contributed by atoms with E-state index in [1.54, 1.807) is 6.08 Å². The molecular weight excluding hydrogens is 350 g/mol. The molecule has 2 aromatic carbocycles. The van der Waals surface area contributed by atoms with Gasteiger partial charge in [0.25, 0.3) is 5.70 Å². The first kappa shape index (κ1) is 17.7. The van der Waals surface area contributed by atoms with Gasteiger partial charge in [-0.15, -0.1) is 0 Å². The van der Waals surface area contributed by atoms with Gasteiger partial charge in [-0.1, -0.05) is 78.3 Å². The largest absolute Gasteiger partial charge is 0.376 e. The molecule has 1 aliphatic rings. The fourth-order valence-corrected chi connectivity index (χ4v) is 3.39. The summed E-state index contributed by atoms with van der Waals surface area (Å²) in [5, 5.41) is 24.4. The van der Waals surface area contributed by atoms with E-state index in [1.807, 2.05) is 60.7 Å². The Kier molecular flexibility index (Phi) is 5.06. The van der Waals surface area contributed by atoms with E-state index < -0.39 is 15.7 Å². The number of hydrogen-bond donors (Lipinski definition) is 1. The topological polar surface area (TPSA) is 79.0 Å². The van der Waals surface area contributed by atoms with Crippen LogP contribution in [0.1, 0.15) is 17.0 Å². The molecule has 0 aliphatic heterocycles. The summed E-state index contributed by atoms with van der Waals surface area (Å²) in [5.41, 5.74) is 1.68. The summed E-state index contributed by atoms with van der Waals surface area (Å²) in [4.78, 5) is 9.41. The van der Waals surface area contributed by atoms with Crippen LogP contribution in [0, 0.1) is 21.4 Å². The monoisotopic (exact) mass is 365 g/mol. The minimum atomic E-state index is -1.59. The van der Waals surface area contributed by atoms with Crippen molar-refractivity contribution >= 4 is 11.6 Å². The van der Waals surface area contributed by atoms with Crippen molar-refractivity contribution in [2.75, 3.05) is 0 Å². The SMILES string of the molecule is N#CC1(Cl)C(NCc2ccccc2)=C([N+](=O)[O-])C=CC1c1ccccc1. The lowest BCUT2D eigenvalue weighted by molar-refractivity contribution is -0.421. The number of nitriles is 1. The van der Waals surface area contributed by atoms with E-state index in [0.717, 1.165) is 11.1 Å². The molecule has 5 nitrogen and oxygen atoms in total. The van der Waals surface area contributed by atoms with Crippen molar-refractivity contribution in [2.45, 2.75) is 17.3 Å². The van der Waals surface area contributed by atoms with Crippen molar-refractivity contribution in [3.8, 4) is 6.07 Å². The van der Waals surface area contributed by atoms with Crippen LogP contribution in [0.4, 0.5) is 0 Å². The van der Waals surface area contributed by atoms with Crippen LogP contribution in [0.25, 0.3) is 0 Å². The molecule has 130 valence electrons. The van der Waals surface area contributed by atoms with Gasteiger partial charge in [0.2, 0.25) is 0 Å². The van der Waals surface area contributed by atoms with E-state index in [-0.39, 0.29) is 11.4 Å². The number of nitrogens with one attached hydrogen (secondary N) is 1. The predicted octanol–water partition coefficient (Wildman–Crippen LogP) is 4.12. The number of nitrogens with zero attached hydrogens (tertiary/aromatic N) is 2. The normalized spacial score (nSPS) is 21.9. The molecule has 0 bridgehead atoms. The van der Waals surface area contributed by atoms with Crippen LogP contribution in [0.3, 0.4) is 0 Å². The minimum absolute atomic E-state index is 0.117. The fourth-order valence-electron chi connectivity index (χ4n) is 3.03. The lowest BCUT2D eigenvalue weighted by atomic mass is 9.80. The molecule has 2 aromatic rings. The first-order valence-electron chi connectivity index (χ1n) is 8.06. The molecule has 6 heteroatoms. The molecule has 0 saturated heterocycles. The third-order valence-corrected chi connectivity index (χ3v) is 4.83. The predicted molar refractivity (Wildman–Crippen MR) is 99.8 cm³/mol. The first-order chi connectivity index (χ1) is 12.6. The van der Waals surface area contributed by atoms with Crippen LogP contribution in [0.2, 0.25) is 0 Å². The Balaban J connectivity index is 2.01. The van der Waals surface area contributed by atoms with Gasteiger partial charge in [0, 0.05) is 18.5 Å². The number of alkyl halides is 1. The number of rotatable bonds is 5. The molecule has 0 heterocycles. The average Bonchev–Trinajstić information content (AvgIpc) is 2.68. The highest BCUT2D eigenvalue weighted by Crippen LogP contribution is 2.44. The zero-order valence-electron chi connectivity index (χ0n) is 13.8. The lowest BCUT2D eigenvalue weighted by Crippen LogP contribution is -2.40. The second-order valence-electron chi connectivity index (χ2n) is 5.93. The van der Waals surface area contributed by atoms with E-state index in [2.05, 4.69) is 11.4 Å². The summed E-state index contributed by atoms with van der Waals surface area (Å²) in [6.07, 6.45) is 3.04. The van der Waals surface area contributed by atoms with Gasteiger partial charge in [-0.25, -0.2) is 0 Å². The zero-order chi connectivity index (χ0) is 18.6. The highest BCUT2D eigenvalue weighted by Gasteiger charge is 2.47. The van der Waals surface area contributed by atoms with Crippen LogP contribution >= 0.6 is 11.6 Å². The van der Waals surface area contributed by atoms with Crippen LogP contribution in [0.5, 0.6) is 0 Å². The van der Waals surface area contributed by atoms with Gasteiger partial charge in [0.1, 0.15) is 5.70 Å². The third-order valence-electron chi connectivity index (χ3n) is 4.33. The maximum Gasteiger partial charge on any atom is 0.290 e. The maximum atomic E-state index is 11.5. The molecular formula is C20H16ClN3O2. The van der Waals surface area contributed by atoms with E-state index in [9.17, 15) is 15.4 Å². The van der Waals surface area contributed by atoms with Crippen LogP contribution in [-0.4, -0.2) is 9.80 Å². The molecule has 0 aromatic heterocycles. The molecule has 0 radical (unpaired) electrons. The van der Waals surface area contributed by atoms with Crippen LogP contribution in [0.15, 0.2) is 84.2 Å². The van der Waals surface area contributed by atoms with Gasteiger partial charge in [0.05, 0.1) is 11.0 Å². The van der Waals surface area contributed by atoms with E-state index in [1.165, 1.54) is 6.08 Å². The number of allylic oxidation sites excluding steroid dienone is 3. The van der Waals surface area contributed by atoms with E-state index in [4.69, 9.17) is 11.6 Å². The summed E-state index contributed by atoms with van der Waals surface area (Å²) >= 11 is 6.69. The molecule has 2 atom stereocenters. The zero-order valence-corrected chi connectivity index (χ0v) is 14.6. The van der Waals surface area contributed by atoms with Gasteiger partial charge in [0.15, 0.2) is 4.87 Å². The Hall–Kier alpha value is -3.10. The number of benzene rings is 2. The van der Waals surface area contributed by atoms with Crippen molar-refractivity contribution in [1.29, 1.82) is 5.26 Å². The molecule has 1 aliphatic carbocycles. The van der Waals surface area contributed by atoms with Crippen molar-refractivity contribution in [1.82, 2.24) is 5.32 Å². The summed E-state index contributed by atoms with van der Waals surface area (Å²) in [6.45, 7) is 0.332. The van der Waals surface area contributed by atoms with Crippen molar-refractivity contribution in [3.05, 3.63) is 105 Å². The molecule has 26 heavy (non-hydrogen) atoms. The minimum Gasteiger partial charge on any atom is -0.376 e. The molecule has 0 amide bonds. The summed E-state index contributed by atoms with van der Waals surface area (Å²) in [7, 11) is 0. The molecule has 3 rings (SSSR count). The Bertz CT molecular complexity index is 904. The molecule has 1 N–H and O–H groups in total. The Morgan fingerprint density at radius 3 is 2.35 bits per heavy atom. The van der Waals surface area contributed by atoms with Gasteiger partial charge in [-0.05, 0) is 11.1 Å². The fraction of sp³-hybridized carbons (Fsp3) is 0.150. The number of nitro groups is 1. The van der Waals surface area contributed by atoms with Gasteiger partial charge in [-0.3, -0.25) is 10.1 Å². The lowest BCUT2D eigenvalue weighted by Gasteiger charge is -2.32. The highest BCUT2D eigenvalue weighted by atomic mass is 35.5. The van der Waals surface area contributed by atoms with Crippen molar-refractivity contribution < 1.29 is 4.92 Å². The second-order valence-corrected chi connectivity index (χ2v) is 6.52. The highest BCUT2D eigenvalue weighted by molar-refractivity contribution is 6.29. The van der Waals surface area contributed by atoms with Crippen molar-refractivity contribution in [2.24, 2.45) is 0 Å². The number of halogens is 1. The summed E-state index contributed by atoms with van der Waals surface area (Å²) in [6, 6.07) is 20.8.